The van der Waals surface area contributed by atoms with Gasteiger partial charge in [0.1, 0.15) is 5.75 Å². The van der Waals surface area contributed by atoms with Crippen molar-refractivity contribution in [1.82, 2.24) is 5.43 Å². The summed E-state index contributed by atoms with van der Waals surface area (Å²) in [5.41, 5.74) is 6.42. The van der Waals surface area contributed by atoms with Gasteiger partial charge in [-0.05, 0) is 51.9 Å². The van der Waals surface area contributed by atoms with E-state index < -0.39 is 0 Å². The predicted molar refractivity (Wildman–Crippen MR) is 91.7 cm³/mol. The van der Waals surface area contributed by atoms with Crippen molar-refractivity contribution in [3.8, 4) is 5.75 Å². The predicted octanol–water partition coefficient (Wildman–Crippen LogP) is 3.54. The van der Waals surface area contributed by atoms with E-state index in [1.165, 1.54) is 9.13 Å². The average molecular weight is 445 g/mol. The molecule has 1 aliphatic rings. The third-order valence-electron chi connectivity index (χ3n) is 3.49. The van der Waals surface area contributed by atoms with Gasteiger partial charge >= 0.3 is 0 Å². The number of nitrogens with two attached hydrogens (primary N) is 1. The van der Waals surface area contributed by atoms with Gasteiger partial charge in [0.05, 0.1) is 12.6 Å². The summed E-state index contributed by atoms with van der Waals surface area (Å²) >= 11 is 5.86. The molecular formula is C15H14BrIN2O. The zero-order chi connectivity index (χ0) is 14.1. The van der Waals surface area contributed by atoms with Gasteiger partial charge in [-0.25, -0.2) is 5.43 Å². The minimum Gasteiger partial charge on any atom is -0.493 e. The molecule has 0 aromatic heterocycles. The molecule has 1 aliphatic heterocycles. The third kappa shape index (κ3) is 2.59. The van der Waals surface area contributed by atoms with E-state index in [-0.39, 0.29) is 6.04 Å². The number of para-hydroxylation sites is 1. The van der Waals surface area contributed by atoms with Crippen LogP contribution < -0.4 is 16.0 Å². The molecule has 2 aromatic rings. The van der Waals surface area contributed by atoms with E-state index in [4.69, 9.17) is 10.6 Å². The van der Waals surface area contributed by atoms with Crippen LogP contribution in [0.1, 0.15) is 22.7 Å². The van der Waals surface area contributed by atoms with Crippen molar-refractivity contribution in [3.63, 3.8) is 0 Å². The van der Waals surface area contributed by atoms with Crippen molar-refractivity contribution in [2.45, 2.75) is 12.5 Å². The maximum atomic E-state index is 5.83. The normalized spacial score (nSPS) is 14.8. The Kier molecular flexibility index (Phi) is 4.30. The van der Waals surface area contributed by atoms with E-state index in [1.807, 2.05) is 6.07 Å². The molecule has 0 fully saturated rings. The standard InChI is InChI=1S/C15H14BrIN2O/c16-10-4-5-13(17)12(8-10)14(19-18)11-3-1-2-9-6-7-20-15(9)11/h1-5,8,14,19H,6-7,18H2. The lowest BCUT2D eigenvalue weighted by molar-refractivity contribution is 0.350. The van der Waals surface area contributed by atoms with E-state index in [2.05, 4.69) is 74.3 Å². The van der Waals surface area contributed by atoms with E-state index in [9.17, 15) is 0 Å². The maximum Gasteiger partial charge on any atom is 0.127 e. The minimum atomic E-state index is -0.0764. The molecule has 0 radical (unpaired) electrons. The molecule has 0 amide bonds. The van der Waals surface area contributed by atoms with Crippen molar-refractivity contribution in [2.75, 3.05) is 6.61 Å². The van der Waals surface area contributed by atoms with Gasteiger partial charge in [0.2, 0.25) is 0 Å². The van der Waals surface area contributed by atoms with Crippen LogP contribution in [0.4, 0.5) is 0 Å². The molecule has 1 atom stereocenters. The lowest BCUT2D eigenvalue weighted by Crippen LogP contribution is -2.29. The van der Waals surface area contributed by atoms with Crippen LogP contribution in [0.25, 0.3) is 0 Å². The summed E-state index contributed by atoms with van der Waals surface area (Å²) in [5, 5.41) is 0. The minimum absolute atomic E-state index is 0.0764. The van der Waals surface area contributed by atoms with Crippen LogP contribution in [0.15, 0.2) is 40.9 Å². The largest absolute Gasteiger partial charge is 0.493 e. The van der Waals surface area contributed by atoms with Gasteiger partial charge in [0.25, 0.3) is 0 Å². The zero-order valence-corrected chi connectivity index (χ0v) is 14.4. The third-order valence-corrected chi connectivity index (χ3v) is 4.97. The highest BCUT2D eigenvalue weighted by Crippen LogP contribution is 2.37. The Morgan fingerprint density at radius 3 is 2.90 bits per heavy atom. The summed E-state index contributed by atoms with van der Waals surface area (Å²) in [6.45, 7) is 0.749. The average Bonchev–Trinajstić information content (AvgIpc) is 2.92. The second-order valence-corrected chi connectivity index (χ2v) is 6.78. The van der Waals surface area contributed by atoms with Gasteiger partial charge in [-0.3, -0.25) is 5.84 Å². The summed E-state index contributed by atoms with van der Waals surface area (Å²) in [4.78, 5) is 0. The summed E-state index contributed by atoms with van der Waals surface area (Å²) < 4.78 is 8.01. The first-order valence-corrected chi connectivity index (χ1v) is 8.23. The summed E-state index contributed by atoms with van der Waals surface area (Å²) in [5.74, 6) is 6.80. The molecule has 0 saturated heterocycles. The molecule has 1 heterocycles. The SMILES string of the molecule is NNC(c1cc(Br)ccc1I)c1cccc2c1OCC2. The van der Waals surface area contributed by atoms with Crippen molar-refractivity contribution in [2.24, 2.45) is 5.84 Å². The van der Waals surface area contributed by atoms with Crippen LogP contribution in [0.5, 0.6) is 5.75 Å². The Morgan fingerprint density at radius 2 is 2.10 bits per heavy atom. The molecule has 0 bridgehead atoms. The molecule has 2 aromatic carbocycles. The lowest BCUT2D eigenvalue weighted by atomic mass is 9.96. The molecule has 3 N–H and O–H groups in total. The number of hydrogen-bond acceptors (Lipinski definition) is 3. The number of nitrogens with one attached hydrogen (secondary N) is 1. The molecule has 20 heavy (non-hydrogen) atoms. The molecule has 0 spiro atoms. The van der Waals surface area contributed by atoms with Gasteiger partial charge in [0, 0.05) is 20.0 Å². The fourth-order valence-corrected chi connectivity index (χ4v) is 3.58. The number of ether oxygens (including phenoxy) is 1. The van der Waals surface area contributed by atoms with Crippen molar-refractivity contribution < 1.29 is 4.74 Å². The van der Waals surface area contributed by atoms with Crippen LogP contribution >= 0.6 is 38.5 Å². The molecule has 0 saturated carbocycles. The van der Waals surface area contributed by atoms with Crippen LogP contribution in [0.3, 0.4) is 0 Å². The smallest absolute Gasteiger partial charge is 0.127 e. The van der Waals surface area contributed by atoms with Gasteiger partial charge in [-0.1, -0.05) is 34.1 Å². The number of hydrazine groups is 1. The first kappa shape index (κ1) is 14.3. The highest BCUT2D eigenvalue weighted by molar-refractivity contribution is 14.1. The molecule has 3 rings (SSSR count). The summed E-state index contributed by atoms with van der Waals surface area (Å²) in [6.07, 6.45) is 0.968. The Bertz CT molecular complexity index is 648. The van der Waals surface area contributed by atoms with Crippen molar-refractivity contribution in [3.05, 3.63) is 61.1 Å². The number of benzene rings is 2. The van der Waals surface area contributed by atoms with E-state index in [0.717, 1.165) is 34.4 Å². The van der Waals surface area contributed by atoms with Gasteiger partial charge in [0.15, 0.2) is 0 Å². The number of hydrogen-bond donors (Lipinski definition) is 2. The fraction of sp³-hybridized carbons (Fsp3) is 0.200. The van der Waals surface area contributed by atoms with Crippen molar-refractivity contribution in [1.29, 1.82) is 0 Å². The maximum absolute atomic E-state index is 5.83. The second-order valence-electron chi connectivity index (χ2n) is 4.70. The Balaban J connectivity index is 2.11. The van der Waals surface area contributed by atoms with Crippen molar-refractivity contribution >= 4 is 38.5 Å². The molecule has 5 heteroatoms. The molecule has 1 unspecified atom stereocenters. The quantitative estimate of drug-likeness (QED) is 0.432. The fourth-order valence-electron chi connectivity index (χ4n) is 2.55. The summed E-state index contributed by atoms with van der Waals surface area (Å²) in [6, 6.07) is 12.4. The highest BCUT2D eigenvalue weighted by Gasteiger charge is 2.24. The first-order valence-electron chi connectivity index (χ1n) is 6.36. The molecular weight excluding hydrogens is 431 g/mol. The molecule has 104 valence electrons. The highest BCUT2D eigenvalue weighted by atomic mass is 127. The van der Waals surface area contributed by atoms with Crippen LogP contribution in [-0.2, 0) is 6.42 Å². The first-order chi connectivity index (χ1) is 9.70. The molecule has 3 nitrogen and oxygen atoms in total. The Hall–Kier alpha value is -0.630. The Labute approximate surface area is 140 Å². The van der Waals surface area contributed by atoms with E-state index in [0.29, 0.717) is 0 Å². The van der Waals surface area contributed by atoms with Gasteiger partial charge < -0.3 is 4.74 Å². The number of fused-ring (bicyclic) bond motifs is 1. The van der Waals surface area contributed by atoms with E-state index in [1.54, 1.807) is 0 Å². The van der Waals surface area contributed by atoms with E-state index >= 15 is 0 Å². The topological polar surface area (TPSA) is 47.3 Å². The lowest BCUT2D eigenvalue weighted by Gasteiger charge is -2.21. The van der Waals surface area contributed by atoms with Crippen LogP contribution in [0, 0.1) is 3.57 Å². The van der Waals surface area contributed by atoms with Gasteiger partial charge in [-0.15, -0.1) is 0 Å². The van der Waals surface area contributed by atoms with Crippen LogP contribution in [0.2, 0.25) is 0 Å². The number of rotatable bonds is 3. The van der Waals surface area contributed by atoms with Crippen LogP contribution in [-0.4, -0.2) is 6.61 Å². The monoisotopic (exact) mass is 444 g/mol. The zero-order valence-electron chi connectivity index (χ0n) is 10.7. The summed E-state index contributed by atoms with van der Waals surface area (Å²) in [7, 11) is 0. The van der Waals surface area contributed by atoms with Gasteiger partial charge in [-0.2, -0.15) is 0 Å². The number of halogens is 2. The second kappa shape index (κ2) is 6.01. The Morgan fingerprint density at radius 1 is 1.25 bits per heavy atom. The molecule has 0 aliphatic carbocycles.